The van der Waals surface area contributed by atoms with Crippen molar-refractivity contribution in [3.05, 3.63) is 17.7 Å². The van der Waals surface area contributed by atoms with Crippen LogP contribution in [0.5, 0.6) is 17.2 Å². The number of methoxy groups -OCH3 is 3. The second-order valence-electron chi connectivity index (χ2n) is 4.83. The summed E-state index contributed by atoms with van der Waals surface area (Å²) in [6, 6.07) is 2.94. The van der Waals surface area contributed by atoms with Crippen LogP contribution < -0.4 is 24.8 Å². The van der Waals surface area contributed by atoms with Crippen molar-refractivity contribution >= 4 is 11.9 Å². The van der Waals surface area contributed by atoms with Gasteiger partial charge in [-0.15, -0.1) is 0 Å². The van der Waals surface area contributed by atoms with Crippen molar-refractivity contribution < 1.29 is 23.8 Å². The molecule has 0 aliphatic heterocycles. The van der Waals surface area contributed by atoms with Crippen molar-refractivity contribution in [3.8, 4) is 17.2 Å². The Hall–Kier alpha value is -2.64. The fraction of sp³-hybridized carbons (Fsp3) is 0.467. The third-order valence-electron chi connectivity index (χ3n) is 3.14. The lowest BCUT2D eigenvalue weighted by molar-refractivity contribution is -0.127. The number of nitrogens with zero attached hydrogens (tertiary/aromatic N) is 1. The Bertz CT molecular complexity index is 535. The Morgan fingerprint density at radius 2 is 1.57 bits per heavy atom. The van der Waals surface area contributed by atoms with Crippen molar-refractivity contribution in [1.82, 2.24) is 15.5 Å². The van der Waals surface area contributed by atoms with Gasteiger partial charge < -0.3 is 29.7 Å². The fourth-order valence-corrected chi connectivity index (χ4v) is 1.80. The summed E-state index contributed by atoms with van der Waals surface area (Å²) in [7, 11) is 7.83. The Balaban J connectivity index is 2.73. The van der Waals surface area contributed by atoms with Crippen molar-refractivity contribution in [2.45, 2.75) is 6.54 Å². The smallest absolute Gasteiger partial charge is 0.315 e. The van der Waals surface area contributed by atoms with Gasteiger partial charge in [-0.05, 0) is 0 Å². The topological polar surface area (TPSA) is 89.1 Å². The monoisotopic (exact) mass is 325 g/mol. The number of hydrogen-bond acceptors (Lipinski definition) is 5. The number of rotatable bonds is 7. The molecule has 0 unspecified atom stereocenters. The summed E-state index contributed by atoms with van der Waals surface area (Å²) >= 11 is 0. The van der Waals surface area contributed by atoms with E-state index in [4.69, 9.17) is 14.2 Å². The minimum Gasteiger partial charge on any atom is -0.496 e. The number of urea groups is 1. The standard InChI is InChI=1S/C15H23N3O5/c1-18(2)14(19)9-17-15(20)16-8-11-12(22-4)6-10(21-3)7-13(11)23-5/h6-7H,8-9H2,1-5H3,(H2,16,17,20). The minimum atomic E-state index is -0.458. The van der Waals surface area contributed by atoms with Crippen LogP contribution in [-0.2, 0) is 11.3 Å². The van der Waals surface area contributed by atoms with E-state index in [0.29, 0.717) is 22.8 Å². The van der Waals surface area contributed by atoms with E-state index in [2.05, 4.69) is 10.6 Å². The molecule has 1 aromatic carbocycles. The van der Waals surface area contributed by atoms with Gasteiger partial charge in [-0.2, -0.15) is 0 Å². The van der Waals surface area contributed by atoms with E-state index in [-0.39, 0.29) is 19.0 Å². The second kappa shape index (κ2) is 8.72. The molecule has 0 atom stereocenters. The second-order valence-corrected chi connectivity index (χ2v) is 4.83. The summed E-state index contributed by atoms with van der Waals surface area (Å²) in [4.78, 5) is 24.6. The molecule has 8 heteroatoms. The van der Waals surface area contributed by atoms with Gasteiger partial charge in [0.25, 0.3) is 0 Å². The molecule has 0 radical (unpaired) electrons. The van der Waals surface area contributed by atoms with Crippen LogP contribution in [0.2, 0.25) is 0 Å². The molecule has 3 amide bonds. The lowest BCUT2D eigenvalue weighted by Gasteiger charge is -2.16. The van der Waals surface area contributed by atoms with E-state index in [1.807, 2.05) is 0 Å². The van der Waals surface area contributed by atoms with Crippen molar-refractivity contribution in [2.24, 2.45) is 0 Å². The van der Waals surface area contributed by atoms with Gasteiger partial charge in [0, 0.05) is 26.2 Å². The molecule has 128 valence electrons. The first-order valence-corrected chi connectivity index (χ1v) is 6.93. The molecule has 0 aliphatic rings. The van der Waals surface area contributed by atoms with E-state index in [0.717, 1.165) is 0 Å². The number of amides is 3. The summed E-state index contributed by atoms with van der Waals surface area (Å²) in [5, 5.41) is 5.14. The van der Waals surface area contributed by atoms with Crippen LogP contribution >= 0.6 is 0 Å². The number of ether oxygens (including phenoxy) is 3. The average molecular weight is 325 g/mol. The number of likely N-dealkylation sites (N-methyl/N-ethyl adjacent to an activating group) is 1. The molecule has 0 saturated carbocycles. The zero-order valence-electron chi connectivity index (χ0n) is 14.1. The van der Waals surface area contributed by atoms with Crippen LogP contribution in [0.1, 0.15) is 5.56 Å². The fourth-order valence-electron chi connectivity index (χ4n) is 1.80. The Kier molecular flexibility index (Phi) is 6.98. The highest BCUT2D eigenvalue weighted by atomic mass is 16.5. The SMILES string of the molecule is COc1cc(OC)c(CNC(=O)NCC(=O)N(C)C)c(OC)c1. The molecule has 2 N–H and O–H groups in total. The maximum Gasteiger partial charge on any atom is 0.315 e. The van der Waals surface area contributed by atoms with Gasteiger partial charge in [-0.3, -0.25) is 4.79 Å². The molecule has 0 saturated heterocycles. The normalized spacial score (nSPS) is 9.78. The van der Waals surface area contributed by atoms with Crippen LogP contribution in [0.4, 0.5) is 4.79 Å². The highest BCUT2D eigenvalue weighted by molar-refractivity contribution is 5.83. The molecule has 0 aliphatic carbocycles. The first-order chi connectivity index (χ1) is 10.9. The molecule has 23 heavy (non-hydrogen) atoms. The quantitative estimate of drug-likeness (QED) is 0.766. The summed E-state index contributed by atoms with van der Waals surface area (Å²) in [5.41, 5.74) is 0.671. The molecular formula is C15H23N3O5. The summed E-state index contributed by atoms with van der Waals surface area (Å²) in [5.74, 6) is 1.46. The summed E-state index contributed by atoms with van der Waals surface area (Å²) in [6.45, 7) is 0.105. The summed E-state index contributed by atoms with van der Waals surface area (Å²) < 4.78 is 15.8. The molecule has 8 nitrogen and oxygen atoms in total. The molecule has 0 fully saturated rings. The largest absolute Gasteiger partial charge is 0.496 e. The first-order valence-electron chi connectivity index (χ1n) is 6.93. The van der Waals surface area contributed by atoms with E-state index in [1.54, 1.807) is 33.3 Å². The van der Waals surface area contributed by atoms with E-state index in [9.17, 15) is 9.59 Å². The number of nitrogens with one attached hydrogen (secondary N) is 2. The van der Waals surface area contributed by atoms with E-state index < -0.39 is 6.03 Å². The zero-order valence-corrected chi connectivity index (χ0v) is 14.1. The van der Waals surface area contributed by atoms with Crippen LogP contribution in [0, 0.1) is 0 Å². The Morgan fingerprint density at radius 3 is 2.00 bits per heavy atom. The average Bonchev–Trinajstić information content (AvgIpc) is 2.56. The highest BCUT2D eigenvalue weighted by Gasteiger charge is 2.14. The lowest BCUT2D eigenvalue weighted by Crippen LogP contribution is -2.41. The van der Waals surface area contributed by atoms with Crippen LogP contribution in [0.3, 0.4) is 0 Å². The van der Waals surface area contributed by atoms with Gasteiger partial charge in [-0.1, -0.05) is 0 Å². The van der Waals surface area contributed by atoms with Crippen LogP contribution in [0.25, 0.3) is 0 Å². The first kappa shape index (κ1) is 18.4. The van der Waals surface area contributed by atoms with Gasteiger partial charge in [0.05, 0.1) is 40.0 Å². The Morgan fingerprint density at radius 1 is 1.00 bits per heavy atom. The molecule has 0 bridgehead atoms. The van der Waals surface area contributed by atoms with Gasteiger partial charge in [0.2, 0.25) is 5.91 Å². The molecule has 0 spiro atoms. The van der Waals surface area contributed by atoms with Gasteiger partial charge in [0.1, 0.15) is 17.2 Å². The van der Waals surface area contributed by atoms with Gasteiger partial charge in [0.15, 0.2) is 0 Å². The predicted octanol–water partition coefficient (Wildman–Crippen LogP) is 0.600. The van der Waals surface area contributed by atoms with Gasteiger partial charge >= 0.3 is 6.03 Å². The van der Waals surface area contributed by atoms with Crippen molar-refractivity contribution in [2.75, 3.05) is 42.0 Å². The van der Waals surface area contributed by atoms with Crippen molar-refractivity contribution in [1.29, 1.82) is 0 Å². The number of benzene rings is 1. The lowest BCUT2D eigenvalue weighted by atomic mass is 10.1. The number of hydrogen-bond donors (Lipinski definition) is 2. The summed E-state index contributed by atoms with van der Waals surface area (Å²) in [6.07, 6.45) is 0. The maximum atomic E-state index is 11.8. The molecular weight excluding hydrogens is 302 g/mol. The number of carbonyl (C=O) groups excluding carboxylic acids is 2. The maximum absolute atomic E-state index is 11.8. The van der Waals surface area contributed by atoms with Crippen LogP contribution in [0.15, 0.2) is 12.1 Å². The number of carbonyl (C=O) groups is 2. The van der Waals surface area contributed by atoms with Crippen molar-refractivity contribution in [3.63, 3.8) is 0 Å². The van der Waals surface area contributed by atoms with Crippen LogP contribution in [-0.4, -0.2) is 58.8 Å². The Labute approximate surface area is 135 Å². The highest BCUT2D eigenvalue weighted by Crippen LogP contribution is 2.33. The third-order valence-corrected chi connectivity index (χ3v) is 3.14. The predicted molar refractivity (Wildman–Crippen MR) is 85.0 cm³/mol. The minimum absolute atomic E-state index is 0.0737. The molecule has 1 aromatic rings. The van der Waals surface area contributed by atoms with E-state index >= 15 is 0 Å². The molecule has 1 rings (SSSR count). The molecule has 0 heterocycles. The van der Waals surface area contributed by atoms with E-state index in [1.165, 1.54) is 19.1 Å². The molecule has 0 aromatic heterocycles. The van der Waals surface area contributed by atoms with Gasteiger partial charge in [-0.25, -0.2) is 4.79 Å². The zero-order chi connectivity index (χ0) is 17.4. The third kappa shape index (κ3) is 5.24.